The second kappa shape index (κ2) is 57.6. The topological polar surface area (TPSA) is 69.6 Å². The first-order valence-electron chi connectivity index (χ1n) is 28.0. The number of hydrogen-bond donors (Lipinski definition) is 3. The molecule has 4 nitrogen and oxygen atoms in total. The third-order valence-corrected chi connectivity index (χ3v) is 11.8. The number of allylic oxidation sites excluding steroid dienone is 23. The number of aliphatic hydroxyl groups is 2. The molecule has 0 aliphatic heterocycles. The Morgan fingerprint density at radius 2 is 0.647 bits per heavy atom. The SMILES string of the molecule is CC/C=C\C/C=C\C/C=C\C/C=C\C/C=C\C/C=C\C/C=C\C/C=C\C/C=C\C/C=C\C/C=C\CCCCCCCCCC(=O)NC(CO)C(O)/C=C/CCCCCCCCCCCCCCC. The Hall–Kier alpha value is -3.73. The molecule has 0 aliphatic carbocycles. The van der Waals surface area contributed by atoms with E-state index < -0.39 is 12.1 Å². The first-order valence-corrected chi connectivity index (χ1v) is 28.0. The molecule has 68 heavy (non-hydrogen) atoms. The van der Waals surface area contributed by atoms with Crippen LogP contribution in [0.15, 0.2) is 146 Å². The molecule has 0 saturated heterocycles. The zero-order valence-electron chi connectivity index (χ0n) is 44.1. The standard InChI is InChI=1S/C64H105NO3/c1-3-5-7-9-11-13-15-17-19-20-21-22-23-24-25-26-27-28-29-30-31-32-33-34-35-36-37-38-39-40-41-42-43-44-46-48-50-52-54-56-58-60-64(68)65-62(61-66)63(67)59-57-55-53-51-49-47-45-18-16-14-12-10-8-6-4-2/h5,7,11,13,17,19,21-22,24-25,27-28,30-31,33-34,36-37,39-40,42-43,57,59,62-63,66-67H,3-4,6,8-10,12,14-16,18,20,23,26,29,32,35,38,41,44-56,58,60-61H2,1-2H3,(H,65,68)/b7-5-,13-11-,19-17-,22-21-,25-24-,28-27-,31-30-,34-33-,37-36-,40-39-,43-42-,59-57+. The van der Waals surface area contributed by atoms with E-state index in [9.17, 15) is 15.0 Å². The molecule has 384 valence electrons. The van der Waals surface area contributed by atoms with Gasteiger partial charge in [0, 0.05) is 6.42 Å². The molecule has 2 atom stereocenters. The van der Waals surface area contributed by atoms with Crippen molar-refractivity contribution >= 4 is 5.91 Å². The second-order valence-electron chi connectivity index (χ2n) is 18.3. The van der Waals surface area contributed by atoms with Gasteiger partial charge in [0.15, 0.2) is 0 Å². The van der Waals surface area contributed by atoms with E-state index in [-0.39, 0.29) is 12.5 Å². The number of carbonyl (C=O) groups is 1. The highest BCUT2D eigenvalue weighted by Gasteiger charge is 2.18. The van der Waals surface area contributed by atoms with Crippen molar-refractivity contribution in [1.29, 1.82) is 0 Å². The second-order valence-corrected chi connectivity index (χ2v) is 18.3. The Balaban J connectivity index is 3.66. The summed E-state index contributed by atoms with van der Waals surface area (Å²) in [5, 5.41) is 23.1. The molecule has 3 N–H and O–H groups in total. The number of amides is 1. The summed E-state index contributed by atoms with van der Waals surface area (Å²) in [5.41, 5.74) is 0. The van der Waals surface area contributed by atoms with E-state index in [2.05, 4.69) is 153 Å². The van der Waals surface area contributed by atoms with Crippen molar-refractivity contribution in [2.45, 2.75) is 244 Å². The van der Waals surface area contributed by atoms with Gasteiger partial charge in [0.05, 0.1) is 18.8 Å². The van der Waals surface area contributed by atoms with Gasteiger partial charge in [-0.25, -0.2) is 0 Å². The van der Waals surface area contributed by atoms with Crippen molar-refractivity contribution in [2.24, 2.45) is 0 Å². The van der Waals surface area contributed by atoms with E-state index in [0.29, 0.717) is 6.42 Å². The van der Waals surface area contributed by atoms with Crippen LogP contribution in [-0.4, -0.2) is 34.9 Å². The van der Waals surface area contributed by atoms with E-state index in [0.717, 1.165) is 109 Å². The fourth-order valence-electron chi connectivity index (χ4n) is 7.59. The van der Waals surface area contributed by atoms with Crippen molar-refractivity contribution < 1.29 is 15.0 Å². The largest absolute Gasteiger partial charge is 0.394 e. The van der Waals surface area contributed by atoms with Gasteiger partial charge in [-0.05, 0) is 103 Å². The lowest BCUT2D eigenvalue weighted by atomic mass is 10.0. The van der Waals surface area contributed by atoms with Crippen molar-refractivity contribution in [3.05, 3.63) is 146 Å². The fraction of sp³-hybridized carbons (Fsp3) is 0.609. The first-order chi connectivity index (χ1) is 33.7. The summed E-state index contributed by atoms with van der Waals surface area (Å²) in [6.45, 7) is 4.18. The lowest BCUT2D eigenvalue weighted by Crippen LogP contribution is -2.45. The summed E-state index contributed by atoms with van der Waals surface area (Å²) in [6.07, 6.45) is 91.3. The molecule has 1 amide bonds. The maximum atomic E-state index is 12.4. The van der Waals surface area contributed by atoms with Crippen LogP contribution < -0.4 is 5.32 Å². The number of nitrogens with one attached hydrogen (secondary N) is 1. The molecular weight excluding hydrogens is 831 g/mol. The highest BCUT2D eigenvalue weighted by molar-refractivity contribution is 5.76. The molecule has 0 aromatic carbocycles. The van der Waals surface area contributed by atoms with E-state index in [1.165, 1.54) is 103 Å². The summed E-state index contributed by atoms with van der Waals surface area (Å²) < 4.78 is 0. The van der Waals surface area contributed by atoms with E-state index in [1.807, 2.05) is 6.08 Å². The quantitative estimate of drug-likeness (QED) is 0.0420. The van der Waals surface area contributed by atoms with Gasteiger partial charge < -0.3 is 15.5 Å². The lowest BCUT2D eigenvalue weighted by Gasteiger charge is -2.20. The van der Waals surface area contributed by atoms with Gasteiger partial charge in [-0.2, -0.15) is 0 Å². The predicted octanol–water partition coefficient (Wildman–Crippen LogP) is 18.8. The molecule has 0 fully saturated rings. The van der Waals surface area contributed by atoms with Crippen LogP contribution in [0.2, 0.25) is 0 Å². The minimum absolute atomic E-state index is 0.0812. The molecule has 2 unspecified atom stereocenters. The Kier molecular flexibility index (Phi) is 54.4. The average Bonchev–Trinajstić information content (AvgIpc) is 3.34. The molecule has 0 radical (unpaired) electrons. The monoisotopic (exact) mass is 936 g/mol. The van der Waals surface area contributed by atoms with Gasteiger partial charge in [-0.1, -0.05) is 269 Å². The van der Waals surface area contributed by atoms with Gasteiger partial charge >= 0.3 is 0 Å². The minimum Gasteiger partial charge on any atom is -0.394 e. The Bertz CT molecular complexity index is 1430. The van der Waals surface area contributed by atoms with Crippen LogP contribution in [0.3, 0.4) is 0 Å². The Morgan fingerprint density at radius 1 is 0.368 bits per heavy atom. The normalized spacial score (nSPS) is 14.0. The third kappa shape index (κ3) is 53.2. The zero-order valence-corrected chi connectivity index (χ0v) is 44.1. The number of carbonyl (C=O) groups excluding carboxylic acids is 1. The van der Waals surface area contributed by atoms with Gasteiger partial charge in [0.1, 0.15) is 0 Å². The first kappa shape index (κ1) is 64.3. The van der Waals surface area contributed by atoms with Gasteiger partial charge in [-0.15, -0.1) is 0 Å². The average molecular weight is 937 g/mol. The summed E-state index contributed by atoms with van der Waals surface area (Å²) in [6, 6.07) is -0.638. The van der Waals surface area contributed by atoms with Gasteiger partial charge in [-0.3, -0.25) is 4.79 Å². The number of aliphatic hydroxyl groups excluding tert-OH is 2. The van der Waals surface area contributed by atoms with Crippen LogP contribution in [0.5, 0.6) is 0 Å². The van der Waals surface area contributed by atoms with Crippen LogP contribution >= 0.6 is 0 Å². The summed E-state index contributed by atoms with van der Waals surface area (Å²) in [4.78, 5) is 12.4. The Morgan fingerprint density at radius 3 is 0.971 bits per heavy atom. The van der Waals surface area contributed by atoms with Crippen LogP contribution in [0, 0.1) is 0 Å². The lowest BCUT2D eigenvalue weighted by molar-refractivity contribution is -0.123. The molecule has 0 aromatic heterocycles. The van der Waals surface area contributed by atoms with Crippen molar-refractivity contribution in [3.8, 4) is 0 Å². The molecule has 0 saturated carbocycles. The fourth-order valence-corrected chi connectivity index (χ4v) is 7.59. The summed E-state index contributed by atoms with van der Waals surface area (Å²) in [5.74, 6) is -0.0812. The molecular formula is C64H105NO3. The van der Waals surface area contributed by atoms with Crippen LogP contribution in [0.25, 0.3) is 0 Å². The van der Waals surface area contributed by atoms with Crippen LogP contribution in [0.4, 0.5) is 0 Å². The van der Waals surface area contributed by atoms with Crippen LogP contribution in [0.1, 0.15) is 232 Å². The molecule has 0 bridgehead atoms. The van der Waals surface area contributed by atoms with E-state index in [1.54, 1.807) is 6.08 Å². The van der Waals surface area contributed by atoms with Gasteiger partial charge in [0.25, 0.3) is 0 Å². The summed E-state index contributed by atoms with van der Waals surface area (Å²) >= 11 is 0. The molecule has 0 aromatic rings. The van der Waals surface area contributed by atoms with Gasteiger partial charge in [0.2, 0.25) is 5.91 Å². The highest BCUT2D eigenvalue weighted by Crippen LogP contribution is 2.14. The molecule has 0 heterocycles. The number of rotatable bonds is 49. The summed E-state index contributed by atoms with van der Waals surface area (Å²) in [7, 11) is 0. The molecule has 0 aliphatic rings. The predicted molar refractivity (Wildman–Crippen MR) is 303 cm³/mol. The maximum Gasteiger partial charge on any atom is 0.220 e. The molecule has 4 heteroatoms. The molecule has 0 spiro atoms. The third-order valence-electron chi connectivity index (χ3n) is 11.8. The number of hydrogen-bond acceptors (Lipinski definition) is 3. The van der Waals surface area contributed by atoms with E-state index in [4.69, 9.17) is 0 Å². The number of unbranched alkanes of at least 4 members (excludes halogenated alkanes) is 20. The highest BCUT2D eigenvalue weighted by atomic mass is 16.3. The minimum atomic E-state index is -0.853. The zero-order chi connectivity index (χ0) is 49.2. The van der Waals surface area contributed by atoms with Crippen molar-refractivity contribution in [2.75, 3.05) is 6.61 Å². The maximum absolute atomic E-state index is 12.4. The van der Waals surface area contributed by atoms with Crippen LogP contribution in [-0.2, 0) is 4.79 Å². The Labute approximate surface area is 421 Å². The van der Waals surface area contributed by atoms with Crippen molar-refractivity contribution in [3.63, 3.8) is 0 Å². The van der Waals surface area contributed by atoms with E-state index >= 15 is 0 Å². The smallest absolute Gasteiger partial charge is 0.220 e. The molecule has 0 rings (SSSR count). The van der Waals surface area contributed by atoms with Crippen molar-refractivity contribution in [1.82, 2.24) is 5.32 Å².